The average Bonchev–Trinajstić information content (AvgIpc) is 4.05. The van der Waals surface area contributed by atoms with E-state index >= 15 is 0 Å². The Labute approximate surface area is 370 Å². The zero-order valence-corrected chi connectivity index (χ0v) is 37.0. The zero-order valence-electron chi connectivity index (χ0n) is 37.0. The van der Waals surface area contributed by atoms with E-state index in [9.17, 15) is 24.0 Å². The molecule has 2 aliphatic heterocycles. The monoisotopic (exact) mass is 865 g/mol. The van der Waals surface area contributed by atoms with Gasteiger partial charge in [-0.3, -0.25) is 33.5 Å². The Kier molecular flexibility index (Phi) is 11.5. The van der Waals surface area contributed by atoms with Crippen LogP contribution in [0, 0.1) is 6.92 Å². The second-order valence-electron chi connectivity index (χ2n) is 17.5. The van der Waals surface area contributed by atoms with Gasteiger partial charge in [0.05, 0.1) is 35.1 Å². The first kappa shape index (κ1) is 43.2. The number of ketones is 1. The van der Waals surface area contributed by atoms with E-state index < -0.39 is 5.91 Å². The third-order valence-electron chi connectivity index (χ3n) is 11.1. The standard InChI is InChI=1S/C48H51N9O7/c1-28-16-33-23-49-36-22-41(29(2)17-35(36)46(61)57(33)24-28)63-15-9-10-43(59)51-42-27-55(8)44(52-42)40(58)19-30-18-38(53(6)25-30)45(60)50-32-21-39(54(7)26-32)47(62)56-14-13-31-20-34(11-12-37(31)56)64-48(3,4)5/h11-14,17-18,20-23,25-27,33H,1,9-10,15-16,19,24H2,2-8H3,(H,50,60)(H,51,59)/t33-/m0/s1. The largest absolute Gasteiger partial charge is 0.493 e. The number of rotatable bonds is 13. The normalized spacial score (nSPS) is 14.7. The molecule has 1 atom stereocenters. The fourth-order valence-electron chi connectivity index (χ4n) is 8.12. The van der Waals surface area contributed by atoms with Gasteiger partial charge < -0.3 is 38.7 Å². The molecular weight excluding hydrogens is 815 g/mol. The molecule has 0 bridgehead atoms. The van der Waals surface area contributed by atoms with Crippen LogP contribution in [-0.2, 0) is 32.4 Å². The molecule has 0 aliphatic carbocycles. The summed E-state index contributed by atoms with van der Waals surface area (Å²) in [6.07, 6.45) is 9.69. The predicted octanol–water partition coefficient (Wildman–Crippen LogP) is 7.19. The molecule has 1 fully saturated rings. The summed E-state index contributed by atoms with van der Waals surface area (Å²) in [6, 6.07) is 14.2. The lowest BCUT2D eigenvalue weighted by Gasteiger charge is -2.21. The van der Waals surface area contributed by atoms with Gasteiger partial charge in [0.25, 0.3) is 17.7 Å². The number of amides is 3. The summed E-state index contributed by atoms with van der Waals surface area (Å²) < 4.78 is 18.4. The Morgan fingerprint density at radius 1 is 0.922 bits per heavy atom. The molecule has 16 heteroatoms. The van der Waals surface area contributed by atoms with Crippen LogP contribution in [0.4, 0.5) is 17.2 Å². The van der Waals surface area contributed by atoms with E-state index in [1.807, 2.05) is 52.0 Å². The highest BCUT2D eigenvalue weighted by Crippen LogP contribution is 2.35. The van der Waals surface area contributed by atoms with Crippen LogP contribution >= 0.6 is 0 Å². The molecule has 0 saturated carbocycles. The van der Waals surface area contributed by atoms with Crippen molar-refractivity contribution in [2.75, 3.05) is 23.8 Å². The van der Waals surface area contributed by atoms with Crippen molar-refractivity contribution in [1.29, 1.82) is 0 Å². The minimum atomic E-state index is -0.415. The van der Waals surface area contributed by atoms with E-state index in [0.29, 0.717) is 64.8 Å². The summed E-state index contributed by atoms with van der Waals surface area (Å²) in [6.45, 7) is 12.6. The number of imidazole rings is 1. The fourth-order valence-corrected chi connectivity index (χ4v) is 8.12. The number of aliphatic imine (C=N–C) groups is 1. The van der Waals surface area contributed by atoms with Gasteiger partial charge in [-0.2, -0.15) is 0 Å². The highest BCUT2D eigenvalue weighted by molar-refractivity contribution is 6.06. The number of carbonyl (C=O) groups excluding carboxylic acids is 5. The highest BCUT2D eigenvalue weighted by Gasteiger charge is 2.34. The number of anilines is 2. The van der Waals surface area contributed by atoms with Gasteiger partial charge in [-0.15, -0.1) is 0 Å². The Morgan fingerprint density at radius 2 is 1.70 bits per heavy atom. The van der Waals surface area contributed by atoms with Crippen molar-refractivity contribution in [2.45, 2.75) is 65.0 Å². The van der Waals surface area contributed by atoms with Crippen LogP contribution in [-0.4, -0.2) is 88.6 Å². The lowest BCUT2D eigenvalue weighted by Crippen LogP contribution is -2.35. The first-order valence-electron chi connectivity index (χ1n) is 21.0. The first-order valence-corrected chi connectivity index (χ1v) is 21.0. The smallest absolute Gasteiger partial charge is 0.279 e. The summed E-state index contributed by atoms with van der Waals surface area (Å²) >= 11 is 0. The second kappa shape index (κ2) is 17.0. The number of fused-ring (bicyclic) bond motifs is 3. The molecule has 4 aromatic heterocycles. The van der Waals surface area contributed by atoms with Crippen LogP contribution in [0.3, 0.4) is 0 Å². The highest BCUT2D eigenvalue weighted by atomic mass is 16.5. The Bertz CT molecular complexity index is 2920. The molecule has 1 saturated heterocycles. The fraction of sp³-hybridized carbons (Fsp3) is 0.312. The van der Waals surface area contributed by atoms with Crippen molar-refractivity contribution in [3.63, 3.8) is 0 Å². The van der Waals surface area contributed by atoms with Crippen LogP contribution in [0.1, 0.15) is 93.1 Å². The van der Waals surface area contributed by atoms with Gasteiger partial charge in [0.15, 0.2) is 11.6 Å². The Hall–Kier alpha value is -7.49. The third-order valence-corrected chi connectivity index (χ3v) is 11.1. The summed E-state index contributed by atoms with van der Waals surface area (Å²) in [7, 11) is 5.12. The number of aryl methyl sites for hydroxylation is 4. The quantitative estimate of drug-likeness (QED) is 0.0697. The van der Waals surface area contributed by atoms with Crippen molar-refractivity contribution < 1.29 is 33.4 Å². The molecule has 0 spiro atoms. The summed E-state index contributed by atoms with van der Waals surface area (Å²) in [5.41, 5.74) is 4.98. The molecule has 2 aromatic carbocycles. The van der Waals surface area contributed by atoms with Crippen molar-refractivity contribution in [1.82, 2.24) is 28.2 Å². The molecule has 0 radical (unpaired) electrons. The number of hydrogen-bond donors (Lipinski definition) is 2. The molecular formula is C48H51N9O7. The first-order chi connectivity index (χ1) is 30.4. The SMILES string of the molecule is C=C1C[C@H]2C=Nc3cc(OCCCC(=O)Nc4cn(C)c(C(=O)Cc5cc(C(=O)Nc6cc(C(=O)n7ccc8cc(OC(C)(C)C)ccc87)n(C)c6)n(C)c5)n4)c(C)cc3C(=O)N2C1. The van der Waals surface area contributed by atoms with Gasteiger partial charge in [0.2, 0.25) is 11.7 Å². The van der Waals surface area contributed by atoms with E-state index in [0.717, 1.165) is 22.0 Å². The second-order valence-corrected chi connectivity index (χ2v) is 17.5. The van der Waals surface area contributed by atoms with Gasteiger partial charge >= 0.3 is 0 Å². The van der Waals surface area contributed by atoms with Gasteiger partial charge in [0.1, 0.15) is 28.5 Å². The van der Waals surface area contributed by atoms with Crippen molar-refractivity contribution in [3.05, 3.63) is 119 Å². The molecule has 2 N–H and O–H groups in total. The predicted molar refractivity (Wildman–Crippen MR) is 243 cm³/mol. The van der Waals surface area contributed by atoms with E-state index in [1.165, 1.54) is 0 Å². The number of benzene rings is 2. The number of nitrogens with zero attached hydrogens (tertiary/aromatic N) is 7. The Morgan fingerprint density at radius 3 is 2.48 bits per heavy atom. The van der Waals surface area contributed by atoms with Gasteiger partial charge in [-0.05, 0) is 94.1 Å². The van der Waals surface area contributed by atoms with Crippen LogP contribution in [0.25, 0.3) is 10.9 Å². The maximum atomic E-state index is 13.7. The number of ether oxygens (including phenoxy) is 2. The number of carbonyl (C=O) groups is 5. The van der Waals surface area contributed by atoms with Crippen LogP contribution in [0.15, 0.2) is 90.5 Å². The maximum Gasteiger partial charge on any atom is 0.279 e. The molecule has 0 unspecified atom stereocenters. The number of hydrogen-bond acceptors (Lipinski definition) is 9. The molecule has 6 heterocycles. The third kappa shape index (κ3) is 9.02. The average molecular weight is 866 g/mol. The minimum absolute atomic E-state index is 0.0362. The van der Waals surface area contributed by atoms with E-state index in [2.05, 4.69) is 27.2 Å². The van der Waals surface area contributed by atoms with E-state index in [1.54, 1.807) is 99.6 Å². The molecule has 16 nitrogen and oxygen atoms in total. The molecule has 8 rings (SSSR count). The topological polar surface area (TPSA) is 176 Å². The summed E-state index contributed by atoms with van der Waals surface area (Å²) in [4.78, 5) is 77.4. The molecule has 6 aromatic rings. The molecule has 330 valence electrons. The molecule has 3 amide bonds. The van der Waals surface area contributed by atoms with Crippen LogP contribution in [0.5, 0.6) is 11.5 Å². The molecule has 64 heavy (non-hydrogen) atoms. The number of Topliss-reactive ketones (excluding diaryl/α,β-unsaturated/α-hetero) is 1. The minimum Gasteiger partial charge on any atom is -0.493 e. The van der Waals surface area contributed by atoms with Crippen molar-refractivity contribution >= 4 is 63.7 Å². The van der Waals surface area contributed by atoms with Gasteiger partial charge in [-0.25, -0.2) is 4.98 Å². The van der Waals surface area contributed by atoms with Crippen molar-refractivity contribution in [2.24, 2.45) is 26.1 Å². The summed E-state index contributed by atoms with van der Waals surface area (Å²) in [5.74, 6) is 0.353. The van der Waals surface area contributed by atoms with Gasteiger partial charge in [0, 0.05) is 83.0 Å². The molecule has 2 aliphatic rings. The van der Waals surface area contributed by atoms with Crippen LogP contribution < -0.4 is 20.1 Å². The number of nitrogens with one attached hydrogen (secondary N) is 2. The van der Waals surface area contributed by atoms with E-state index in [-0.39, 0.29) is 66.2 Å². The summed E-state index contributed by atoms with van der Waals surface area (Å²) in [5, 5.41) is 6.50. The maximum absolute atomic E-state index is 13.7. The lowest BCUT2D eigenvalue weighted by molar-refractivity contribution is -0.116. The van der Waals surface area contributed by atoms with Crippen LogP contribution in [0.2, 0.25) is 0 Å². The number of aromatic nitrogens is 5. The van der Waals surface area contributed by atoms with E-state index in [4.69, 9.17) is 9.47 Å². The zero-order chi connectivity index (χ0) is 45.6. The van der Waals surface area contributed by atoms with Crippen molar-refractivity contribution in [3.8, 4) is 11.5 Å². The lowest BCUT2D eigenvalue weighted by atomic mass is 10.1. The van der Waals surface area contributed by atoms with Gasteiger partial charge in [-0.1, -0.05) is 12.2 Å². The Balaban J connectivity index is 0.830.